The first kappa shape index (κ1) is 19.4. The van der Waals surface area contributed by atoms with Gasteiger partial charge in [-0.3, -0.25) is 0 Å². The zero-order valence-electron chi connectivity index (χ0n) is 15.8. The van der Waals surface area contributed by atoms with Crippen molar-refractivity contribution in [1.29, 1.82) is 0 Å². The summed E-state index contributed by atoms with van der Waals surface area (Å²) < 4.78 is 19.4. The van der Waals surface area contributed by atoms with Crippen LogP contribution in [0.25, 0.3) is 0 Å². The number of guanidine groups is 1. The van der Waals surface area contributed by atoms with Gasteiger partial charge in [0.05, 0.1) is 12.6 Å². The number of nitrogens with zero attached hydrogens (tertiary/aromatic N) is 1. The maximum atomic E-state index is 13.3. The summed E-state index contributed by atoms with van der Waals surface area (Å²) in [6, 6.07) is 17.0. The van der Waals surface area contributed by atoms with Gasteiger partial charge in [-0.2, -0.15) is 0 Å². The van der Waals surface area contributed by atoms with E-state index in [0.29, 0.717) is 12.5 Å². The molecular formula is C22H28FN3O. The maximum absolute atomic E-state index is 13.3. The topological polar surface area (TPSA) is 45.7 Å². The van der Waals surface area contributed by atoms with Gasteiger partial charge in [-0.25, -0.2) is 9.38 Å². The molecule has 2 unspecified atom stereocenters. The second-order valence-electron chi connectivity index (χ2n) is 6.81. The highest BCUT2D eigenvalue weighted by molar-refractivity contribution is 5.79. The van der Waals surface area contributed by atoms with Crippen LogP contribution in [0.3, 0.4) is 0 Å². The molecule has 1 saturated heterocycles. The standard InChI is InChI=1S/C22H28FN3O/c1-2-24-22(25-15-17-8-6-12-20(23)14-17)26-16-19-11-7-13-27-21(19)18-9-4-3-5-10-18/h3-6,8-10,12,14,19,21H,2,7,11,13,15-16H2,1H3,(H2,24,25,26). The van der Waals surface area contributed by atoms with Crippen LogP contribution in [-0.2, 0) is 11.3 Å². The highest BCUT2D eigenvalue weighted by Gasteiger charge is 2.27. The smallest absolute Gasteiger partial charge is 0.191 e. The molecule has 144 valence electrons. The van der Waals surface area contributed by atoms with Gasteiger partial charge in [-0.1, -0.05) is 42.5 Å². The Morgan fingerprint density at radius 1 is 1.15 bits per heavy atom. The van der Waals surface area contributed by atoms with Crippen molar-refractivity contribution in [3.05, 3.63) is 71.5 Å². The fraction of sp³-hybridized carbons (Fsp3) is 0.409. The van der Waals surface area contributed by atoms with Crippen molar-refractivity contribution in [2.75, 3.05) is 19.7 Å². The number of aliphatic imine (C=N–C) groups is 1. The van der Waals surface area contributed by atoms with Crippen LogP contribution >= 0.6 is 0 Å². The first-order valence-electron chi connectivity index (χ1n) is 9.69. The van der Waals surface area contributed by atoms with E-state index in [4.69, 9.17) is 4.74 Å². The van der Waals surface area contributed by atoms with Crippen LogP contribution < -0.4 is 10.6 Å². The van der Waals surface area contributed by atoms with E-state index in [-0.39, 0.29) is 11.9 Å². The molecule has 3 rings (SSSR count). The molecule has 0 bridgehead atoms. The van der Waals surface area contributed by atoms with Crippen LogP contribution in [0.1, 0.15) is 37.0 Å². The molecule has 1 heterocycles. The molecule has 0 spiro atoms. The maximum Gasteiger partial charge on any atom is 0.191 e. The average molecular weight is 369 g/mol. The Balaban J connectivity index is 1.62. The van der Waals surface area contributed by atoms with E-state index in [2.05, 4.69) is 39.9 Å². The summed E-state index contributed by atoms with van der Waals surface area (Å²) in [5.74, 6) is 0.907. The van der Waals surface area contributed by atoms with Crippen molar-refractivity contribution in [2.24, 2.45) is 10.9 Å². The van der Waals surface area contributed by atoms with Crippen molar-refractivity contribution >= 4 is 5.96 Å². The zero-order valence-corrected chi connectivity index (χ0v) is 15.8. The number of ether oxygens (including phenoxy) is 1. The molecule has 2 aromatic carbocycles. The molecule has 0 aromatic heterocycles. The van der Waals surface area contributed by atoms with E-state index < -0.39 is 0 Å². The second kappa shape index (κ2) is 10.1. The molecule has 1 fully saturated rings. The monoisotopic (exact) mass is 369 g/mol. The van der Waals surface area contributed by atoms with Gasteiger partial charge in [-0.15, -0.1) is 0 Å². The van der Waals surface area contributed by atoms with Gasteiger partial charge in [0.1, 0.15) is 5.82 Å². The third kappa shape index (κ3) is 5.79. The highest BCUT2D eigenvalue weighted by Crippen LogP contribution is 2.33. The third-order valence-corrected chi connectivity index (χ3v) is 4.76. The Morgan fingerprint density at radius 3 is 2.78 bits per heavy atom. The lowest BCUT2D eigenvalue weighted by Crippen LogP contribution is -2.42. The quantitative estimate of drug-likeness (QED) is 0.596. The van der Waals surface area contributed by atoms with Gasteiger partial charge < -0.3 is 15.4 Å². The molecule has 27 heavy (non-hydrogen) atoms. The molecule has 0 radical (unpaired) electrons. The van der Waals surface area contributed by atoms with E-state index >= 15 is 0 Å². The molecule has 1 aliphatic rings. The van der Waals surface area contributed by atoms with E-state index in [0.717, 1.165) is 44.1 Å². The van der Waals surface area contributed by atoms with Crippen molar-refractivity contribution in [2.45, 2.75) is 32.4 Å². The number of halogens is 1. The van der Waals surface area contributed by atoms with Gasteiger partial charge in [0, 0.05) is 25.6 Å². The number of rotatable bonds is 6. The Hall–Kier alpha value is -2.40. The summed E-state index contributed by atoms with van der Waals surface area (Å²) in [6.07, 6.45) is 2.31. The van der Waals surface area contributed by atoms with Crippen LogP contribution in [0, 0.1) is 11.7 Å². The minimum absolute atomic E-state index is 0.110. The molecule has 4 nitrogen and oxygen atoms in total. The predicted molar refractivity (Wildman–Crippen MR) is 107 cm³/mol. The predicted octanol–water partition coefficient (Wildman–Crippen LogP) is 4.05. The largest absolute Gasteiger partial charge is 0.373 e. The van der Waals surface area contributed by atoms with Crippen LogP contribution in [0.5, 0.6) is 0 Å². The molecule has 0 aliphatic carbocycles. The fourth-order valence-electron chi connectivity index (χ4n) is 3.44. The van der Waals surface area contributed by atoms with Gasteiger partial charge in [0.2, 0.25) is 0 Å². The van der Waals surface area contributed by atoms with Crippen molar-refractivity contribution < 1.29 is 9.13 Å². The van der Waals surface area contributed by atoms with Crippen molar-refractivity contribution in [3.63, 3.8) is 0 Å². The van der Waals surface area contributed by atoms with E-state index in [1.165, 1.54) is 17.7 Å². The van der Waals surface area contributed by atoms with Crippen LogP contribution in [0.2, 0.25) is 0 Å². The molecule has 0 saturated carbocycles. The van der Waals surface area contributed by atoms with Gasteiger partial charge in [-0.05, 0) is 43.0 Å². The number of benzene rings is 2. The summed E-state index contributed by atoms with van der Waals surface area (Å²) in [4.78, 5) is 4.59. The Kier molecular flexibility index (Phi) is 7.22. The first-order valence-corrected chi connectivity index (χ1v) is 9.69. The lowest BCUT2D eigenvalue weighted by atomic mass is 9.89. The zero-order chi connectivity index (χ0) is 18.9. The van der Waals surface area contributed by atoms with E-state index in [9.17, 15) is 4.39 Å². The second-order valence-corrected chi connectivity index (χ2v) is 6.81. The van der Waals surface area contributed by atoms with Crippen LogP contribution in [0.15, 0.2) is 59.6 Å². The van der Waals surface area contributed by atoms with Crippen molar-refractivity contribution in [3.8, 4) is 0 Å². The molecule has 2 atom stereocenters. The normalized spacial score (nSPS) is 20.3. The number of hydrogen-bond acceptors (Lipinski definition) is 2. The Labute approximate surface area is 160 Å². The molecule has 1 aliphatic heterocycles. The highest BCUT2D eigenvalue weighted by atomic mass is 19.1. The molecular weight excluding hydrogens is 341 g/mol. The first-order chi connectivity index (χ1) is 13.3. The van der Waals surface area contributed by atoms with Crippen molar-refractivity contribution in [1.82, 2.24) is 10.6 Å². The van der Waals surface area contributed by atoms with Gasteiger partial charge in [0.25, 0.3) is 0 Å². The summed E-state index contributed by atoms with van der Waals surface area (Å²) in [5, 5.41) is 6.71. The number of nitrogens with one attached hydrogen (secondary N) is 2. The Bertz CT molecular complexity index is 735. The van der Waals surface area contributed by atoms with E-state index in [1.54, 1.807) is 6.07 Å². The minimum Gasteiger partial charge on any atom is -0.373 e. The summed E-state index contributed by atoms with van der Waals surface area (Å²) in [5.41, 5.74) is 2.08. The SMILES string of the molecule is CCNC(=NCc1cccc(F)c1)NCC1CCCOC1c1ccccc1. The lowest BCUT2D eigenvalue weighted by Gasteiger charge is -2.32. The molecule has 2 aromatic rings. The van der Waals surface area contributed by atoms with Gasteiger partial charge >= 0.3 is 0 Å². The molecule has 0 amide bonds. The Morgan fingerprint density at radius 2 is 2.00 bits per heavy atom. The van der Waals surface area contributed by atoms with Crippen LogP contribution in [-0.4, -0.2) is 25.7 Å². The van der Waals surface area contributed by atoms with E-state index in [1.807, 2.05) is 19.1 Å². The average Bonchev–Trinajstić information content (AvgIpc) is 2.71. The summed E-state index contributed by atoms with van der Waals surface area (Å²) in [7, 11) is 0. The van der Waals surface area contributed by atoms with Gasteiger partial charge in [0.15, 0.2) is 5.96 Å². The summed E-state index contributed by atoms with van der Waals surface area (Å²) in [6.45, 7) is 4.85. The minimum atomic E-state index is -0.231. The fourth-order valence-corrected chi connectivity index (χ4v) is 3.44. The molecule has 2 N–H and O–H groups in total. The third-order valence-electron chi connectivity index (χ3n) is 4.76. The molecule has 5 heteroatoms. The van der Waals surface area contributed by atoms with Crippen LogP contribution in [0.4, 0.5) is 4.39 Å². The summed E-state index contributed by atoms with van der Waals surface area (Å²) >= 11 is 0. The lowest BCUT2D eigenvalue weighted by molar-refractivity contribution is -0.0265. The number of hydrogen-bond donors (Lipinski definition) is 2.